The van der Waals surface area contributed by atoms with Crippen molar-refractivity contribution in [2.45, 2.75) is 12.8 Å². The minimum absolute atomic E-state index is 0.0354. The predicted octanol–water partition coefficient (Wildman–Crippen LogP) is 2.92. The smallest absolute Gasteiger partial charge is 0.261 e. The fourth-order valence-electron chi connectivity index (χ4n) is 1.85. The number of carbonyl (C=O) groups excluding carboxylic acids is 1. The summed E-state index contributed by atoms with van der Waals surface area (Å²) in [7, 11) is 0. The maximum absolute atomic E-state index is 12.1. The fourth-order valence-corrected chi connectivity index (χ4v) is 2.68. The molecule has 100 valence electrons. The zero-order chi connectivity index (χ0) is 13.5. The van der Waals surface area contributed by atoms with Gasteiger partial charge in [-0.15, -0.1) is 11.3 Å². The van der Waals surface area contributed by atoms with Gasteiger partial charge in [-0.3, -0.25) is 4.79 Å². The Hall–Kier alpha value is -1.65. The van der Waals surface area contributed by atoms with Crippen LogP contribution >= 0.6 is 11.3 Å². The predicted molar refractivity (Wildman–Crippen MR) is 78.4 cm³/mol. The van der Waals surface area contributed by atoms with E-state index in [-0.39, 0.29) is 12.5 Å². The lowest BCUT2D eigenvalue weighted by Gasteiger charge is -2.06. The zero-order valence-electron chi connectivity index (χ0n) is 10.6. The summed E-state index contributed by atoms with van der Waals surface area (Å²) in [5.41, 5.74) is 2.04. The van der Waals surface area contributed by atoms with Crippen LogP contribution < -0.4 is 5.32 Å². The summed E-state index contributed by atoms with van der Waals surface area (Å²) < 4.78 is 0. The Balaban J connectivity index is 2.05. The summed E-state index contributed by atoms with van der Waals surface area (Å²) >= 11 is 1.45. The van der Waals surface area contributed by atoms with Gasteiger partial charge in [0, 0.05) is 18.7 Å². The Labute approximate surface area is 116 Å². The van der Waals surface area contributed by atoms with Crippen molar-refractivity contribution < 1.29 is 9.90 Å². The number of thiophene rings is 1. The molecule has 2 N–H and O–H groups in total. The summed E-state index contributed by atoms with van der Waals surface area (Å²) in [6, 6.07) is 11.9. The molecule has 1 aromatic heterocycles. The first-order valence-corrected chi connectivity index (χ1v) is 7.23. The van der Waals surface area contributed by atoms with Crippen LogP contribution in [0.5, 0.6) is 0 Å². The lowest BCUT2D eigenvalue weighted by Crippen LogP contribution is -2.24. The van der Waals surface area contributed by atoms with Crippen LogP contribution in [-0.2, 0) is 0 Å². The Bertz CT molecular complexity index is 522. The van der Waals surface area contributed by atoms with Crippen molar-refractivity contribution in [2.75, 3.05) is 13.2 Å². The lowest BCUT2D eigenvalue weighted by molar-refractivity contribution is 0.0956. The minimum atomic E-state index is -0.0354. The second-order valence-electron chi connectivity index (χ2n) is 4.22. The molecule has 2 rings (SSSR count). The third kappa shape index (κ3) is 3.66. The largest absolute Gasteiger partial charge is 0.396 e. The number of aliphatic hydroxyl groups excluding tert-OH is 1. The molecule has 0 aliphatic heterocycles. The van der Waals surface area contributed by atoms with Gasteiger partial charge in [-0.25, -0.2) is 0 Å². The normalized spacial score (nSPS) is 10.4. The van der Waals surface area contributed by atoms with Crippen molar-refractivity contribution >= 4 is 17.2 Å². The van der Waals surface area contributed by atoms with Crippen molar-refractivity contribution in [2.24, 2.45) is 0 Å². The van der Waals surface area contributed by atoms with E-state index < -0.39 is 0 Å². The van der Waals surface area contributed by atoms with E-state index >= 15 is 0 Å². The molecule has 4 heteroatoms. The maximum atomic E-state index is 12.1. The topological polar surface area (TPSA) is 49.3 Å². The molecule has 0 spiro atoms. The number of rotatable bonds is 6. The maximum Gasteiger partial charge on any atom is 0.261 e. The van der Waals surface area contributed by atoms with Gasteiger partial charge >= 0.3 is 0 Å². The van der Waals surface area contributed by atoms with Gasteiger partial charge in [0.15, 0.2) is 0 Å². The van der Waals surface area contributed by atoms with E-state index in [1.807, 2.05) is 41.8 Å². The van der Waals surface area contributed by atoms with Gasteiger partial charge in [-0.05, 0) is 29.9 Å². The molecule has 1 aromatic carbocycles. The number of aliphatic hydroxyl groups is 1. The minimum Gasteiger partial charge on any atom is -0.396 e. The zero-order valence-corrected chi connectivity index (χ0v) is 11.5. The number of benzene rings is 1. The van der Waals surface area contributed by atoms with E-state index in [1.54, 1.807) is 0 Å². The molecule has 0 saturated carbocycles. The van der Waals surface area contributed by atoms with E-state index in [0.717, 1.165) is 28.8 Å². The number of nitrogens with one attached hydrogen (secondary N) is 1. The summed E-state index contributed by atoms with van der Waals surface area (Å²) in [6.45, 7) is 0.773. The molecular formula is C15H17NO2S. The van der Waals surface area contributed by atoms with Gasteiger partial charge < -0.3 is 10.4 Å². The highest BCUT2D eigenvalue weighted by Crippen LogP contribution is 2.27. The molecule has 0 radical (unpaired) electrons. The standard InChI is InChI=1S/C15H17NO2S/c17-10-5-4-9-16-15(18)14-13(8-11-19-14)12-6-2-1-3-7-12/h1-3,6-8,11,17H,4-5,9-10H2,(H,16,18). The van der Waals surface area contributed by atoms with Crippen LogP contribution in [0.25, 0.3) is 11.1 Å². The number of carbonyl (C=O) groups is 1. The number of hydrogen-bond donors (Lipinski definition) is 2. The van der Waals surface area contributed by atoms with Gasteiger partial charge in [0.05, 0.1) is 4.88 Å². The van der Waals surface area contributed by atoms with Gasteiger partial charge in [0.25, 0.3) is 5.91 Å². The molecule has 0 atom stereocenters. The van der Waals surface area contributed by atoms with Crippen LogP contribution in [0, 0.1) is 0 Å². The molecule has 0 aliphatic rings. The molecule has 3 nitrogen and oxygen atoms in total. The van der Waals surface area contributed by atoms with Crippen LogP contribution in [0.15, 0.2) is 41.8 Å². The van der Waals surface area contributed by atoms with Crippen LogP contribution in [0.4, 0.5) is 0 Å². The second kappa shape index (κ2) is 7.07. The highest BCUT2D eigenvalue weighted by atomic mass is 32.1. The van der Waals surface area contributed by atoms with Crippen molar-refractivity contribution in [3.63, 3.8) is 0 Å². The molecule has 2 aromatic rings. The Morgan fingerprint density at radius 3 is 2.68 bits per heavy atom. The molecule has 0 bridgehead atoms. The van der Waals surface area contributed by atoms with E-state index in [1.165, 1.54) is 11.3 Å². The summed E-state index contributed by atoms with van der Waals surface area (Å²) in [6.07, 6.45) is 1.52. The molecule has 0 saturated heterocycles. The average Bonchev–Trinajstić information content (AvgIpc) is 2.94. The molecule has 0 unspecified atom stereocenters. The summed E-state index contributed by atoms with van der Waals surface area (Å²) in [4.78, 5) is 12.8. The first-order chi connectivity index (χ1) is 9.33. The Morgan fingerprint density at radius 2 is 1.95 bits per heavy atom. The molecular weight excluding hydrogens is 258 g/mol. The lowest BCUT2D eigenvalue weighted by atomic mass is 10.1. The van der Waals surface area contributed by atoms with E-state index in [2.05, 4.69) is 5.32 Å². The monoisotopic (exact) mass is 275 g/mol. The number of unbranched alkanes of at least 4 members (excludes halogenated alkanes) is 1. The first-order valence-electron chi connectivity index (χ1n) is 6.35. The third-order valence-corrected chi connectivity index (χ3v) is 3.74. The quantitative estimate of drug-likeness (QED) is 0.796. The van der Waals surface area contributed by atoms with E-state index in [9.17, 15) is 4.79 Å². The van der Waals surface area contributed by atoms with Crippen molar-refractivity contribution in [3.8, 4) is 11.1 Å². The van der Waals surface area contributed by atoms with Gasteiger partial charge in [0.2, 0.25) is 0 Å². The average molecular weight is 275 g/mol. The molecule has 1 amide bonds. The second-order valence-corrected chi connectivity index (χ2v) is 5.13. The Kier molecular flexibility index (Phi) is 5.12. The fraction of sp³-hybridized carbons (Fsp3) is 0.267. The van der Waals surface area contributed by atoms with Crippen molar-refractivity contribution in [3.05, 3.63) is 46.7 Å². The summed E-state index contributed by atoms with van der Waals surface area (Å²) in [5.74, 6) is -0.0354. The molecule has 0 aliphatic carbocycles. The van der Waals surface area contributed by atoms with Crippen LogP contribution in [0.1, 0.15) is 22.5 Å². The van der Waals surface area contributed by atoms with Crippen LogP contribution in [0.3, 0.4) is 0 Å². The number of hydrogen-bond acceptors (Lipinski definition) is 3. The molecule has 1 heterocycles. The van der Waals surface area contributed by atoms with Crippen molar-refractivity contribution in [1.82, 2.24) is 5.32 Å². The van der Waals surface area contributed by atoms with E-state index in [4.69, 9.17) is 5.11 Å². The van der Waals surface area contributed by atoms with Crippen molar-refractivity contribution in [1.29, 1.82) is 0 Å². The van der Waals surface area contributed by atoms with E-state index in [0.29, 0.717) is 6.54 Å². The van der Waals surface area contributed by atoms with Gasteiger partial charge in [-0.1, -0.05) is 30.3 Å². The SMILES string of the molecule is O=C(NCCCCO)c1sccc1-c1ccccc1. The third-order valence-electron chi connectivity index (χ3n) is 2.83. The first kappa shape index (κ1) is 13.8. The Morgan fingerprint density at radius 1 is 1.16 bits per heavy atom. The highest BCUT2D eigenvalue weighted by Gasteiger charge is 2.13. The molecule has 19 heavy (non-hydrogen) atoms. The van der Waals surface area contributed by atoms with Crippen LogP contribution in [0.2, 0.25) is 0 Å². The molecule has 0 fully saturated rings. The number of amides is 1. The van der Waals surface area contributed by atoms with Gasteiger partial charge in [-0.2, -0.15) is 0 Å². The summed E-state index contributed by atoms with van der Waals surface area (Å²) in [5, 5.41) is 13.5. The van der Waals surface area contributed by atoms with Gasteiger partial charge in [0.1, 0.15) is 0 Å². The highest BCUT2D eigenvalue weighted by molar-refractivity contribution is 7.12. The van der Waals surface area contributed by atoms with Crippen LogP contribution in [-0.4, -0.2) is 24.2 Å².